The van der Waals surface area contributed by atoms with Crippen LogP contribution in [0.3, 0.4) is 0 Å². The van der Waals surface area contributed by atoms with Crippen LogP contribution in [0.5, 0.6) is 0 Å². The van der Waals surface area contributed by atoms with Crippen molar-refractivity contribution >= 4 is 5.78 Å². The van der Waals surface area contributed by atoms with Gasteiger partial charge in [-0.25, -0.2) is 0 Å². The van der Waals surface area contributed by atoms with Crippen LogP contribution < -0.4 is 0 Å². The summed E-state index contributed by atoms with van der Waals surface area (Å²) in [5.41, 5.74) is -3.65. The van der Waals surface area contributed by atoms with Crippen molar-refractivity contribution in [3.63, 3.8) is 0 Å². The zero-order valence-corrected chi connectivity index (χ0v) is 23.5. The molecular formula is C30H50O6. The molecule has 4 N–H and O–H groups in total. The molecule has 5 aliphatic rings. The normalized spacial score (nSPS) is 56.7. The van der Waals surface area contributed by atoms with E-state index in [0.29, 0.717) is 19.3 Å². The second-order valence-corrected chi connectivity index (χ2v) is 15.2. The Morgan fingerprint density at radius 1 is 0.806 bits per heavy atom. The lowest BCUT2D eigenvalue weighted by atomic mass is 9.48. The van der Waals surface area contributed by atoms with Gasteiger partial charge in [-0.05, 0) is 106 Å². The van der Waals surface area contributed by atoms with Crippen LogP contribution in [0.15, 0.2) is 0 Å². The van der Waals surface area contributed by atoms with Crippen LogP contribution in [-0.2, 0) is 9.53 Å². The molecule has 0 aromatic rings. The van der Waals surface area contributed by atoms with E-state index in [9.17, 15) is 25.2 Å². The van der Waals surface area contributed by atoms with Crippen LogP contribution in [-0.4, -0.2) is 61.3 Å². The summed E-state index contributed by atoms with van der Waals surface area (Å²) in [6, 6.07) is 0. The number of hydrogen-bond donors (Lipinski definition) is 4. The number of aliphatic hydroxyl groups excluding tert-OH is 2. The second kappa shape index (κ2) is 8.00. The van der Waals surface area contributed by atoms with Crippen molar-refractivity contribution < 1.29 is 30.0 Å². The van der Waals surface area contributed by atoms with Crippen molar-refractivity contribution in [3.8, 4) is 0 Å². The van der Waals surface area contributed by atoms with Gasteiger partial charge in [-0.15, -0.1) is 0 Å². The fourth-order valence-electron chi connectivity index (χ4n) is 10.7. The molecule has 1 saturated heterocycles. The lowest BCUT2D eigenvalue weighted by molar-refractivity contribution is -0.218. The lowest BCUT2D eigenvalue weighted by Crippen LogP contribution is -2.61. The number of aliphatic hydroxyl groups is 4. The maximum Gasteiger partial charge on any atom is 0.193 e. The summed E-state index contributed by atoms with van der Waals surface area (Å²) < 4.78 is 6.41. The van der Waals surface area contributed by atoms with Gasteiger partial charge in [0.05, 0.1) is 22.9 Å². The van der Waals surface area contributed by atoms with E-state index >= 15 is 0 Å². The maximum absolute atomic E-state index is 13.2. The number of carbonyl (C=O) groups is 1. The van der Waals surface area contributed by atoms with Gasteiger partial charge >= 0.3 is 0 Å². The SMILES string of the molecule is CC(C)[C@]1(O)CC[C@]2(C)C[C@@](O)([C@H]3CC[C@@H]4[C@]3(C)CC[C@H]3OC(C)(C)[C@H](O)C(=O)[C@@H](O)[C@]43C)CC[C@@H]21. The Morgan fingerprint density at radius 3 is 2.08 bits per heavy atom. The monoisotopic (exact) mass is 506 g/mol. The number of Topliss-reactive ketones (excluding diaryl/α,β-unsaturated/α-hetero) is 1. The number of ether oxygens (including phenoxy) is 1. The molecule has 206 valence electrons. The first-order valence-corrected chi connectivity index (χ1v) is 14.5. The van der Waals surface area contributed by atoms with Gasteiger partial charge in [0.25, 0.3) is 0 Å². The molecule has 6 nitrogen and oxygen atoms in total. The molecule has 4 saturated carbocycles. The van der Waals surface area contributed by atoms with E-state index in [1.54, 1.807) is 13.8 Å². The van der Waals surface area contributed by atoms with Gasteiger partial charge in [-0.2, -0.15) is 0 Å². The van der Waals surface area contributed by atoms with Crippen LogP contribution in [0.1, 0.15) is 106 Å². The Morgan fingerprint density at radius 2 is 1.44 bits per heavy atom. The maximum atomic E-state index is 13.2. The van der Waals surface area contributed by atoms with Crippen LogP contribution in [0.2, 0.25) is 0 Å². The third kappa shape index (κ3) is 3.36. The quantitative estimate of drug-likeness (QED) is 0.451. The van der Waals surface area contributed by atoms with Crippen molar-refractivity contribution in [1.82, 2.24) is 0 Å². The average Bonchev–Trinajstić information content (AvgIpc) is 3.28. The highest BCUT2D eigenvalue weighted by Crippen LogP contribution is 2.70. The topological polar surface area (TPSA) is 107 Å². The average molecular weight is 507 g/mol. The van der Waals surface area contributed by atoms with E-state index in [1.807, 2.05) is 6.92 Å². The smallest absolute Gasteiger partial charge is 0.193 e. The summed E-state index contributed by atoms with van der Waals surface area (Å²) in [5, 5.41) is 46.1. The third-order valence-electron chi connectivity index (χ3n) is 12.7. The fourth-order valence-corrected chi connectivity index (χ4v) is 10.7. The molecule has 5 rings (SSSR count). The minimum atomic E-state index is -1.36. The predicted octanol–water partition coefficient (Wildman–Crippen LogP) is 4.01. The highest BCUT2D eigenvalue weighted by Gasteiger charge is 2.70. The number of carbonyl (C=O) groups excluding carboxylic acids is 1. The molecule has 0 spiro atoms. The van der Waals surface area contributed by atoms with E-state index in [4.69, 9.17) is 4.74 Å². The molecule has 0 radical (unpaired) electrons. The third-order valence-corrected chi connectivity index (χ3v) is 12.7. The van der Waals surface area contributed by atoms with Crippen LogP contribution in [0.4, 0.5) is 0 Å². The molecule has 0 amide bonds. The Balaban J connectivity index is 1.46. The molecule has 0 unspecified atom stereocenters. The lowest BCUT2D eigenvalue weighted by Gasteiger charge is -2.59. The van der Waals surface area contributed by atoms with Crippen molar-refractivity contribution in [2.24, 2.45) is 39.9 Å². The van der Waals surface area contributed by atoms with Crippen molar-refractivity contribution in [2.45, 2.75) is 141 Å². The first kappa shape index (κ1) is 27.1. The summed E-state index contributed by atoms with van der Waals surface area (Å²) in [5.74, 6) is -0.0420. The minimum absolute atomic E-state index is 0.0135. The number of rotatable bonds is 2. The summed E-state index contributed by atoms with van der Waals surface area (Å²) in [4.78, 5) is 13.2. The first-order chi connectivity index (χ1) is 16.5. The Bertz CT molecular complexity index is 917. The zero-order chi connectivity index (χ0) is 26.7. The van der Waals surface area contributed by atoms with E-state index in [2.05, 4.69) is 27.7 Å². The van der Waals surface area contributed by atoms with Gasteiger partial charge < -0.3 is 25.2 Å². The largest absolute Gasteiger partial charge is 0.390 e. The van der Waals surface area contributed by atoms with Crippen LogP contribution in [0, 0.1) is 39.9 Å². The molecule has 5 fully saturated rings. The van der Waals surface area contributed by atoms with Crippen molar-refractivity contribution in [2.75, 3.05) is 0 Å². The molecule has 1 aliphatic heterocycles. The van der Waals surface area contributed by atoms with Gasteiger partial charge in [0.2, 0.25) is 0 Å². The van der Waals surface area contributed by atoms with Crippen molar-refractivity contribution in [1.29, 1.82) is 0 Å². The first-order valence-electron chi connectivity index (χ1n) is 14.5. The van der Waals surface area contributed by atoms with Gasteiger partial charge in [0.1, 0.15) is 12.2 Å². The van der Waals surface area contributed by atoms with E-state index in [0.717, 1.165) is 38.5 Å². The number of ketones is 1. The molecule has 4 aliphatic carbocycles. The summed E-state index contributed by atoms with van der Waals surface area (Å²) in [6.07, 6.45) is 4.27. The molecule has 36 heavy (non-hydrogen) atoms. The van der Waals surface area contributed by atoms with Gasteiger partial charge in [-0.1, -0.05) is 34.6 Å². The second-order valence-electron chi connectivity index (χ2n) is 15.2. The molecule has 0 aromatic carbocycles. The molecule has 1 heterocycles. The Kier molecular flexibility index (Phi) is 6.01. The summed E-state index contributed by atoms with van der Waals surface area (Å²) in [7, 11) is 0. The van der Waals surface area contributed by atoms with Gasteiger partial charge in [-0.3, -0.25) is 4.79 Å². The summed E-state index contributed by atoms with van der Waals surface area (Å²) in [6.45, 7) is 14.2. The number of fused-ring (bicyclic) bond motifs is 4. The highest BCUT2D eigenvalue weighted by molar-refractivity contribution is 5.89. The highest BCUT2D eigenvalue weighted by atomic mass is 16.5. The number of hydrogen-bond acceptors (Lipinski definition) is 6. The molecule has 0 aromatic heterocycles. The molecule has 6 heteroatoms. The van der Waals surface area contributed by atoms with Crippen molar-refractivity contribution in [3.05, 3.63) is 0 Å². The van der Waals surface area contributed by atoms with E-state index in [-0.39, 0.29) is 40.6 Å². The standard InChI is InChI=1S/C30H50O6/c1-17(2)30(35)15-14-26(5)16-29(34,13-10-18(26)30)20-9-8-19-27(20,6)12-11-21-28(19,7)24(33)22(31)23(32)25(3,4)36-21/h17-21,23-24,32-35H,8-16H2,1-7H3/t18-,19+,20-,21+,23+,24+,26+,27-,28+,29+,30+/m0/s1. The Hall–Kier alpha value is -0.530. The summed E-state index contributed by atoms with van der Waals surface area (Å²) >= 11 is 0. The molecule has 0 bridgehead atoms. The Labute approximate surface area is 217 Å². The van der Waals surface area contributed by atoms with Gasteiger partial charge in [0.15, 0.2) is 5.78 Å². The van der Waals surface area contributed by atoms with Crippen LogP contribution >= 0.6 is 0 Å². The zero-order valence-electron chi connectivity index (χ0n) is 23.5. The van der Waals surface area contributed by atoms with Crippen LogP contribution in [0.25, 0.3) is 0 Å². The van der Waals surface area contributed by atoms with Gasteiger partial charge in [0, 0.05) is 5.41 Å². The molecule has 11 atom stereocenters. The minimum Gasteiger partial charge on any atom is -0.390 e. The molecular weight excluding hydrogens is 456 g/mol. The fraction of sp³-hybridized carbons (Fsp3) is 0.967. The van der Waals surface area contributed by atoms with E-state index < -0.39 is 40.2 Å². The predicted molar refractivity (Wildman–Crippen MR) is 137 cm³/mol. The van der Waals surface area contributed by atoms with E-state index in [1.165, 1.54) is 0 Å².